The molecule has 2 aromatic rings. The first-order valence-electron chi connectivity index (χ1n) is 5.99. The van der Waals surface area contributed by atoms with Crippen LogP contribution in [0, 0.1) is 6.92 Å². The van der Waals surface area contributed by atoms with Crippen LogP contribution in [0.2, 0.25) is 5.02 Å². The minimum Gasteiger partial charge on any atom is -0.399 e. The predicted octanol–water partition coefficient (Wildman–Crippen LogP) is 2.71. The molecule has 0 aliphatic carbocycles. The third-order valence-corrected chi connectivity index (χ3v) is 4.82. The van der Waals surface area contributed by atoms with Crippen LogP contribution < -0.4 is 10.5 Å². The quantitative estimate of drug-likeness (QED) is 0.853. The number of rotatable bonds is 4. The molecule has 0 aromatic heterocycles. The van der Waals surface area contributed by atoms with Crippen LogP contribution in [0.3, 0.4) is 0 Å². The van der Waals surface area contributed by atoms with E-state index in [4.69, 9.17) is 17.3 Å². The number of sulfonamides is 1. The third-order valence-electron chi connectivity index (χ3n) is 2.91. The lowest BCUT2D eigenvalue weighted by molar-refractivity contribution is 0.581. The van der Waals surface area contributed by atoms with Crippen LogP contribution in [0.4, 0.5) is 5.69 Å². The van der Waals surface area contributed by atoms with E-state index in [1.807, 2.05) is 0 Å². The van der Waals surface area contributed by atoms with Gasteiger partial charge in [-0.15, -0.1) is 0 Å². The van der Waals surface area contributed by atoms with E-state index in [9.17, 15) is 8.42 Å². The van der Waals surface area contributed by atoms with Gasteiger partial charge in [-0.3, -0.25) is 0 Å². The molecule has 0 radical (unpaired) electrons. The van der Waals surface area contributed by atoms with E-state index in [2.05, 4.69) is 4.72 Å². The fourth-order valence-electron chi connectivity index (χ4n) is 1.80. The Bertz CT molecular complexity index is 730. The van der Waals surface area contributed by atoms with Crippen molar-refractivity contribution in [2.24, 2.45) is 0 Å². The smallest absolute Gasteiger partial charge is 0.241 e. The van der Waals surface area contributed by atoms with Crippen molar-refractivity contribution in [3.05, 3.63) is 58.6 Å². The molecular formula is C14H15ClN2O2S. The lowest BCUT2D eigenvalue weighted by Gasteiger charge is -2.10. The standard InChI is InChI=1S/C14H15ClN2O2S/c1-10-6-7-12(16)8-14(10)20(18,19)17-9-11-4-2-3-5-13(11)15/h2-8,17H,9,16H2,1H3. The summed E-state index contributed by atoms with van der Waals surface area (Å²) in [6.45, 7) is 1.86. The van der Waals surface area contributed by atoms with Crippen molar-refractivity contribution in [3.63, 3.8) is 0 Å². The lowest BCUT2D eigenvalue weighted by Crippen LogP contribution is -2.24. The van der Waals surface area contributed by atoms with Crippen LogP contribution >= 0.6 is 11.6 Å². The molecule has 0 amide bonds. The molecular weight excluding hydrogens is 296 g/mol. The highest BCUT2D eigenvalue weighted by molar-refractivity contribution is 7.89. The molecule has 6 heteroatoms. The third kappa shape index (κ3) is 3.30. The summed E-state index contributed by atoms with van der Waals surface area (Å²) in [5.41, 5.74) is 7.42. The minimum atomic E-state index is -3.62. The minimum absolute atomic E-state index is 0.135. The first-order valence-corrected chi connectivity index (χ1v) is 7.85. The molecule has 0 saturated carbocycles. The van der Waals surface area contributed by atoms with Gasteiger partial charge in [0.1, 0.15) is 0 Å². The Hall–Kier alpha value is -1.56. The molecule has 0 atom stereocenters. The second kappa shape index (κ2) is 5.83. The molecule has 0 aliphatic heterocycles. The van der Waals surface area contributed by atoms with Gasteiger partial charge in [0.25, 0.3) is 0 Å². The molecule has 0 unspecified atom stereocenters. The van der Waals surface area contributed by atoms with Gasteiger partial charge < -0.3 is 5.73 Å². The summed E-state index contributed by atoms with van der Waals surface area (Å²) in [5.74, 6) is 0. The summed E-state index contributed by atoms with van der Waals surface area (Å²) in [6.07, 6.45) is 0. The van der Waals surface area contributed by atoms with E-state index in [-0.39, 0.29) is 11.4 Å². The van der Waals surface area contributed by atoms with E-state index in [1.54, 1.807) is 43.3 Å². The average Bonchev–Trinajstić information content (AvgIpc) is 2.40. The highest BCUT2D eigenvalue weighted by Gasteiger charge is 2.17. The Morgan fingerprint density at radius 2 is 1.90 bits per heavy atom. The van der Waals surface area contributed by atoms with Gasteiger partial charge in [-0.05, 0) is 36.2 Å². The summed E-state index contributed by atoms with van der Waals surface area (Å²) in [5, 5.41) is 0.527. The van der Waals surface area contributed by atoms with Gasteiger partial charge in [-0.2, -0.15) is 0 Å². The number of nitrogens with one attached hydrogen (secondary N) is 1. The summed E-state index contributed by atoms with van der Waals surface area (Å²) >= 11 is 6.00. The molecule has 0 fully saturated rings. The molecule has 0 aliphatic rings. The van der Waals surface area contributed by atoms with E-state index >= 15 is 0 Å². The average molecular weight is 311 g/mol. The molecule has 2 aromatic carbocycles. The van der Waals surface area contributed by atoms with E-state index < -0.39 is 10.0 Å². The van der Waals surface area contributed by atoms with Crippen LogP contribution in [0.25, 0.3) is 0 Å². The van der Waals surface area contributed by atoms with E-state index in [0.717, 1.165) is 5.56 Å². The fraction of sp³-hybridized carbons (Fsp3) is 0.143. The van der Waals surface area contributed by atoms with Gasteiger partial charge in [0.2, 0.25) is 10.0 Å². The Morgan fingerprint density at radius 1 is 1.20 bits per heavy atom. The zero-order valence-corrected chi connectivity index (χ0v) is 12.5. The highest BCUT2D eigenvalue weighted by atomic mass is 35.5. The van der Waals surface area contributed by atoms with Crippen LogP contribution in [-0.4, -0.2) is 8.42 Å². The van der Waals surface area contributed by atoms with Crippen LogP contribution in [0.1, 0.15) is 11.1 Å². The van der Waals surface area contributed by atoms with Crippen molar-refractivity contribution in [3.8, 4) is 0 Å². The molecule has 3 N–H and O–H groups in total. The maximum absolute atomic E-state index is 12.3. The number of nitrogens with two attached hydrogens (primary N) is 1. The number of hydrogen-bond acceptors (Lipinski definition) is 3. The molecule has 0 saturated heterocycles. The molecule has 20 heavy (non-hydrogen) atoms. The molecule has 0 bridgehead atoms. The van der Waals surface area contributed by atoms with Crippen molar-refractivity contribution in [1.29, 1.82) is 0 Å². The van der Waals surface area contributed by atoms with Crippen molar-refractivity contribution < 1.29 is 8.42 Å². The van der Waals surface area contributed by atoms with Crippen molar-refractivity contribution in [2.75, 3.05) is 5.73 Å². The number of benzene rings is 2. The Labute approximate surface area is 123 Å². The number of nitrogen functional groups attached to an aromatic ring is 1. The molecule has 0 spiro atoms. The second-order valence-electron chi connectivity index (χ2n) is 4.44. The topological polar surface area (TPSA) is 72.2 Å². The number of anilines is 1. The van der Waals surface area contributed by atoms with Crippen LogP contribution in [0.5, 0.6) is 0 Å². The fourth-order valence-corrected chi connectivity index (χ4v) is 3.29. The first-order chi connectivity index (χ1) is 9.40. The van der Waals surface area contributed by atoms with E-state index in [0.29, 0.717) is 16.3 Å². The zero-order valence-electron chi connectivity index (χ0n) is 10.9. The van der Waals surface area contributed by atoms with Gasteiger partial charge in [0.05, 0.1) is 4.90 Å². The largest absolute Gasteiger partial charge is 0.399 e. The Balaban J connectivity index is 2.24. The highest BCUT2D eigenvalue weighted by Crippen LogP contribution is 2.20. The molecule has 106 valence electrons. The molecule has 0 heterocycles. The predicted molar refractivity (Wildman–Crippen MR) is 81.1 cm³/mol. The van der Waals surface area contributed by atoms with Crippen molar-refractivity contribution in [1.82, 2.24) is 4.72 Å². The van der Waals surface area contributed by atoms with Gasteiger partial charge >= 0.3 is 0 Å². The van der Waals surface area contributed by atoms with Gasteiger partial charge in [-0.1, -0.05) is 35.9 Å². The van der Waals surface area contributed by atoms with Crippen molar-refractivity contribution >= 4 is 27.3 Å². The van der Waals surface area contributed by atoms with Gasteiger partial charge in [0, 0.05) is 17.3 Å². The number of halogens is 1. The Kier molecular flexibility index (Phi) is 4.32. The van der Waals surface area contributed by atoms with E-state index in [1.165, 1.54) is 6.07 Å². The Morgan fingerprint density at radius 3 is 2.60 bits per heavy atom. The maximum Gasteiger partial charge on any atom is 0.241 e. The number of hydrogen-bond donors (Lipinski definition) is 2. The normalized spacial score (nSPS) is 11.5. The summed E-state index contributed by atoms with van der Waals surface area (Å²) < 4.78 is 27.1. The van der Waals surface area contributed by atoms with Crippen LogP contribution in [0.15, 0.2) is 47.4 Å². The van der Waals surface area contributed by atoms with Gasteiger partial charge in [-0.25, -0.2) is 13.1 Å². The molecule has 2 rings (SSSR count). The van der Waals surface area contributed by atoms with Gasteiger partial charge in [0.15, 0.2) is 0 Å². The van der Waals surface area contributed by atoms with Crippen molar-refractivity contribution in [2.45, 2.75) is 18.4 Å². The maximum atomic E-state index is 12.3. The first kappa shape index (κ1) is 14.8. The zero-order chi connectivity index (χ0) is 14.8. The summed E-state index contributed by atoms with van der Waals surface area (Å²) in [4.78, 5) is 0.185. The van der Waals surface area contributed by atoms with Crippen LogP contribution in [-0.2, 0) is 16.6 Å². The summed E-state index contributed by atoms with van der Waals surface area (Å²) in [7, 11) is -3.62. The second-order valence-corrected chi connectivity index (χ2v) is 6.58. The molecule has 4 nitrogen and oxygen atoms in total. The summed E-state index contributed by atoms with van der Waals surface area (Å²) in [6, 6.07) is 11.9. The lowest BCUT2D eigenvalue weighted by atomic mass is 10.2. The number of aryl methyl sites for hydroxylation is 1. The SMILES string of the molecule is Cc1ccc(N)cc1S(=O)(=O)NCc1ccccc1Cl. The monoisotopic (exact) mass is 310 g/mol.